The van der Waals surface area contributed by atoms with Gasteiger partial charge in [0.05, 0.1) is 23.8 Å². The predicted octanol–water partition coefficient (Wildman–Crippen LogP) is 1.84. The summed E-state index contributed by atoms with van der Waals surface area (Å²) >= 11 is 0. The fraction of sp³-hybridized carbons (Fsp3) is 0.0714. The number of anilines is 1. The number of nitrogens with two attached hydrogens (primary N) is 1. The van der Waals surface area contributed by atoms with Crippen molar-refractivity contribution in [2.24, 2.45) is 5.10 Å². The van der Waals surface area contributed by atoms with E-state index in [0.717, 1.165) is 16.9 Å². The number of rotatable bonds is 3. The molecule has 0 atom stereocenters. The zero-order valence-electron chi connectivity index (χ0n) is 11.0. The van der Waals surface area contributed by atoms with E-state index in [0.29, 0.717) is 5.95 Å². The van der Waals surface area contributed by atoms with Crippen molar-refractivity contribution in [3.63, 3.8) is 0 Å². The number of para-hydroxylation sites is 1. The van der Waals surface area contributed by atoms with Crippen LogP contribution in [0.1, 0.15) is 11.3 Å². The lowest BCUT2D eigenvalue weighted by molar-refractivity contribution is 0.874. The molecule has 0 fully saturated rings. The third kappa shape index (κ3) is 2.31. The molecule has 2 heterocycles. The molecule has 6 heteroatoms. The summed E-state index contributed by atoms with van der Waals surface area (Å²) in [7, 11) is 0. The van der Waals surface area contributed by atoms with Crippen molar-refractivity contribution in [3.8, 4) is 5.69 Å². The van der Waals surface area contributed by atoms with Crippen LogP contribution in [-0.2, 0) is 0 Å². The van der Waals surface area contributed by atoms with Gasteiger partial charge in [-0.15, -0.1) is 0 Å². The summed E-state index contributed by atoms with van der Waals surface area (Å²) < 4.78 is 3.35. The standard InChI is InChI=1S/C14H14N6/c1-11-10-20(14(15)18-11)17-9-12-5-2-3-6-13(12)19-8-4-7-16-19/h2-10H,1H3,(H2,15,18). The molecule has 0 radical (unpaired) electrons. The van der Waals surface area contributed by atoms with Crippen LogP contribution in [0.3, 0.4) is 0 Å². The van der Waals surface area contributed by atoms with Crippen molar-refractivity contribution in [2.45, 2.75) is 6.92 Å². The Morgan fingerprint density at radius 3 is 2.80 bits per heavy atom. The first-order valence-corrected chi connectivity index (χ1v) is 6.19. The molecule has 0 aliphatic rings. The Morgan fingerprint density at radius 2 is 2.10 bits per heavy atom. The van der Waals surface area contributed by atoms with Crippen LogP contribution in [0.4, 0.5) is 5.95 Å². The summed E-state index contributed by atoms with van der Waals surface area (Å²) in [6.07, 6.45) is 7.16. The van der Waals surface area contributed by atoms with Crippen molar-refractivity contribution in [1.82, 2.24) is 19.4 Å². The van der Waals surface area contributed by atoms with E-state index in [1.807, 2.05) is 43.5 Å². The van der Waals surface area contributed by atoms with Crippen LogP contribution in [0.25, 0.3) is 5.69 Å². The van der Waals surface area contributed by atoms with Crippen LogP contribution >= 0.6 is 0 Å². The summed E-state index contributed by atoms with van der Waals surface area (Å²) in [6.45, 7) is 1.88. The van der Waals surface area contributed by atoms with Crippen molar-refractivity contribution in [2.75, 3.05) is 5.73 Å². The fourth-order valence-electron chi connectivity index (χ4n) is 1.94. The van der Waals surface area contributed by atoms with Crippen LogP contribution < -0.4 is 5.73 Å². The minimum absolute atomic E-state index is 0.371. The lowest BCUT2D eigenvalue weighted by Crippen LogP contribution is -2.01. The maximum atomic E-state index is 5.76. The summed E-state index contributed by atoms with van der Waals surface area (Å²) in [5.74, 6) is 0.371. The van der Waals surface area contributed by atoms with Crippen molar-refractivity contribution in [1.29, 1.82) is 0 Å². The minimum atomic E-state index is 0.371. The van der Waals surface area contributed by atoms with Gasteiger partial charge in [0.25, 0.3) is 0 Å². The number of hydrogen-bond donors (Lipinski definition) is 1. The van der Waals surface area contributed by atoms with Gasteiger partial charge in [0.15, 0.2) is 0 Å². The van der Waals surface area contributed by atoms with Crippen LogP contribution in [0.2, 0.25) is 0 Å². The first kappa shape index (κ1) is 12.2. The van der Waals surface area contributed by atoms with Crippen LogP contribution in [-0.4, -0.2) is 25.7 Å². The molecule has 0 amide bonds. The van der Waals surface area contributed by atoms with Crippen LogP contribution in [0.15, 0.2) is 54.0 Å². The van der Waals surface area contributed by atoms with E-state index in [1.54, 1.807) is 28.0 Å². The van der Waals surface area contributed by atoms with E-state index in [1.165, 1.54) is 0 Å². The summed E-state index contributed by atoms with van der Waals surface area (Å²) in [4.78, 5) is 4.11. The van der Waals surface area contributed by atoms with Gasteiger partial charge in [0.1, 0.15) is 0 Å². The Morgan fingerprint density at radius 1 is 1.25 bits per heavy atom. The summed E-state index contributed by atoms with van der Waals surface area (Å²) in [6, 6.07) is 9.75. The molecule has 0 bridgehead atoms. The Balaban J connectivity index is 1.97. The molecular formula is C14H14N6. The molecular weight excluding hydrogens is 252 g/mol. The number of benzene rings is 1. The zero-order valence-corrected chi connectivity index (χ0v) is 11.0. The SMILES string of the molecule is Cc1cn(N=Cc2ccccc2-n2cccn2)c(N)n1. The van der Waals surface area contributed by atoms with E-state index in [-0.39, 0.29) is 0 Å². The van der Waals surface area contributed by atoms with Crippen LogP contribution in [0.5, 0.6) is 0 Å². The highest BCUT2D eigenvalue weighted by Crippen LogP contribution is 2.12. The van der Waals surface area contributed by atoms with Gasteiger partial charge in [-0.2, -0.15) is 10.2 Å². The molecule has 20 heavy (non-hydrogen) atoms. The zero-order chi connectivity index (χ0) is 13.9. The second-order valence-corrected chi connectivity index (χ2v) is 4.34. The van der Waals surface area contributed by atoms with Crippen molar-refractivity contribution >= 4 is 12.2 Å². The summed E-state index contributed by atoms with van der Waals surface area (Å²) in [5, 5.41) is 8.57. The molecule has 6 nitrogen and oxygen atoms in total. The summed E-state index contributed by atoms with van der Waals surface area (Å²) in [5.41, 5.74) is 8.49. The molecule has 0 aliphatic heterocycles. The first-order chi connectivity index (χ1) is 9.74. The number of aromatic nitrogens is 4. The van der Waals surface area contributed by atoms with Gasteiger partial charge in [0.2, 0.25) is 5.95 Å². The lowest BCUT2D eigenvalue weighted by Gasteiger charge is -2.05. The Labute approximate surface area is 116 Å². The van der Waals surface area contributed by atoms with E-state index < -0.39 is 0 Å². The smallest absolute Gasteiger partial charge is 0.221 e. The van der Waals surface area contributed by atoms with Gasteiger partial charge in [-0.25, -0.2) is 14.3 Å². The quantitative estimate of drug-likeness (QED) is 0.735. The van der Waals surface area contributed by atoms with Crippen molar-refractivity contribution < 1.29 is 0 Å². The monoisotopic (exact) mass is 266 g/mol. The second kappa shape index (κ2) is 5.00. The molecule has 0 saturated heterocycles. The molecule has 100 valence electrons. The van der Waals surface area contributed by atoms with Gasteiger partial charge >= 0.3 is 0 Å². The van der Waals surface area contributed by atoms with Gasteiger partial charge in [-0.1, -0.05) is 18.2 Å². The van der Waals surface area contributed by atoms with E-state index >= 15 is 0 Å². The molecule has 0 aliphatic carbocycles. The largest absolute Gasteiger partial charge is 0.368 e. The van der Waals surface area contributed by atoms with Gasteiger partial charge in [0, 0.05) is 18.0 Å². The molecule has 0 spiro atoms. The van der Waals surface area contributed by atoms with Gasteiger partial charge in [-0.05, 0) is 19.1 Å². The van der Waals surface area contributed by atoms with Crippen LogP contribution in [0, 0.1) is 6.92 Å². The molecule has 0 unspecified atom stereocenters. The highest BCUT2D eigenvalue weighted by atomic mass is 15.4. The average Bonchev–Trinajstić information content (AvgIpc) is 3.07. The molecule has 2 aromatic heterocycles. The normalized spacial score (nSPS) is 11.2. The third-order valence-corrected chi connectivity index (χ3v) is 2.84. The molecule has 3 rings (SSSR count). The predicted molar refractivity (Wildman–Crippen MR) is 77.9 cm³/mol. The minimum Gasteiger partial charge on any atom is -0.368 e. The maximum absolute atomic E-state index is 5.76. The Kier molecular flexibility index (Phi) is 3.04. The van der Waals surface area contributed by atoms with E-state index in [4.69, 9.17) is 5.73 Å². The number of imidazole rings is 1. The topological polar surface area (TPSA) is 74.0 Å². The average molecular weight is 266 g/mol. The Hall–Kier alpha value is -2.89. The van der Waals surface area contributed by atoms with Gasteiger partial charge in [-0.3, -0.25) is 0 Å². The highest BCUT2D eigenvalue weighted by Gasteiger charge is 2.03. The molecule has 3 aromatic rings. The molecule has 2 N–H and O–H groups in total. The number of hydrogen-bond acceptors (Lipinski definition) is 4. The lowest BCUT2D eigenvalue weighted by atomic mass is 10.2. The third-order valence-electron chi connectivity index (χ3n) is 2.84. The first-order valence-electron chi connectivity index (χ1n) is 6.19. The fourth-order valence-corrected chi connectivity index (χ4v) is 1.94. The highest BCUT2D eigenvalue weighted by molar-refractivity contribution is 5.84. The Bertz CT molecular complexity index is 739. The maximum Gasteiger partial charge on any atom is 0.221 e. The molecule has 1 aromatic carbocycles. The van der Waals surface area contributed by atoms with E-state index in [2.05, 4.69) is 15.2 Å². The second-order valence-electron chi connectivity index (χ2n) is 4.34. The number of aryl methyl sites for hydroxylation is 1. The number of nitrogen functional groups attached to an aromatic ring is 1. The van der Waals surface area contributed by atoms with Crippen molar-refractivity contribution in [3.05, 3.63) is 60.2 Å². The van der Waals surface area contributed by atoms with E-state index in [9.17, 15) is 0 Å². The van der Waals surface area contributed by atoms with Gasteiger partial charge < -0.3 is 5.73 Å². The molecule has 0 saturated carbocycles. The number of nitrogens with zero attached hydrogens (tertiary/aromatic N) is 5.